The number of hydrogen-bond acceptors (Lipinski definition) is 5. The molecule has 0 radical (unpaired) electrons. The van der Waals surface area contributed by atoms with E-state index in [1.807, 2.05) is 0 Å². The summed E-state index contributed by atoms with van der Waals surface area (Å²) in [5.74, 6) is 0. The van der Waals surface area contributed by atoms with E-state index >= 15 is 0 Å². The third-order valence-electron chi connectivity index (χ3n) is 3.77. The molecule has 0 amide bonds. The van der Waals surface area contributed by atoms with Gasteiger partial charge >= 0.3 is 0 Å². The standard InChI is InChI=1S/C15H26N4O2/c1-2-6-16-11-14(20)12-19-15(21)9-13(10-17-19)18-7-4-3-5-8-18/h9-10,14,16,20H,2-8,11-12H2,1H3. The maximum Gasteiger partial charge on any atom is 0.268 e. The number of rotatable bonds is 7. The average molecular weight is 294 g/mol. The summed E-state index contributed by atoms with van der Waals surface area (Å²) in [7, 11) is 0. The van der Waals surface area contributed by atoms with E-state index in [-0.39, 0.29) is 12.1 Å². The minimum Gasteiger partial charge on any atom is -0.390 e. The van der Waals surface area contributed by atoms with Crippen LogP contribution in [0.1, 0.15) is 32.6 Å². The Bertz CT molecular complexity index is 483. The van der Waals surface area contributed by atoms with Gasteiger partial charge in [-0.2, -0.15) is 5.10 Å². The molecule has 1 atom stereocenters. The van der Waals surface area contributed by atoms with Crippen LogP contribution in [-0.4, -0.2) is 47.2 Å². The highest BCUT2D eigenvalue weighted by molar-refractivity contribution is 5.43. The molecule has 2 rings (SSSR count). The fourth-order valence-electron chi connectivity index (χ4n) is 2.60. The lowest BCUT2D eigenvalue weighted by Gasteiger charge is -2.28. The Morgan fingerprint density at radius 1 is 1.38 bits per heavy atom. The molecule has 2 N–H and O–H groups in total. The van der Waals surface area contributed by atoms with Crippen molar-refractivity contribution in [2.75, 3.05) is 31.1 Å². The molecule has 1 saturated heterocycles. The molecule has 0 spiro atoms. The summed E-state index contributed by atoms with van der Waals surface area (Å²) in [6.45, 7) is 5.65. The van der Waals surface area contributed by atoms with Crippen LogP contribution < -0.4 is 15.8 Å². The Morgan fingerprint density at radius 2 is 2.14 bits per heavy atom. The maximum absolute atomic E-state index is 12.1. The van der Waals surface area contributed by atoms with E-state index in [0.29, 0.717) is 6.54 Å². The lowest BCUT2D eigenvalue weighted by atomic mass is 10.1. The zero-order valence-corrected chi connectivity index (χ0v) is 12.8. The van der Waals surface area contributed by atoms with Gasteiger partial charge in [0.05, 0.1) is 24.5 Å². The Kier molecular flexibility index (Phi) is 6.20. The van der Waals surface area contributed by atoms with Crippen molar-refractivity contribution in [3.05, 3.63) is 22.6 Å². The van der Waals surface area contributed by atoms with Gasteiger partial charge in [-0.15, -0.1) is 0 Å². The number of aliphatic hydroxyl groups is 1. The Balaban J connectivity index is 1.94. The zero-order valence-electron chi connectivity index (χ0n) is 12.8. The third-order valence-corrected chi connectivity index (χ3v) is 3.77. The van der Waals surface area contributed by atoms with Gasteiger partial charge in [-0.1, -0.05) is 6.92 Å². The lowest BCUT2D eigenvalue weighted by Crippen LogP contribution is -2.36. The summed E-state index contributed by atoms with van der Waals surface area (Å²) in [4.78, 5) is 14.3. The highest BCUT2D eigenvalue weighted by atomic mass is 16.3. The minimum absolute atomic E-state index is 0.146. The highest BCUT2D eigenvalue weighted by Crippen LogP contribution is 2.16. The monoisotopic (exact) mass is 294 g/mol. The molecule has 118 valence electrons. The second kappa shape index (κ2) is 8.14. The number of piperidine rings is 1. The van der Waals surface area contributed by atoms with Crippen molar-refractivity contribution < 1.29 is 5.11 Å². The first-order valence-corrected chi connectivity index (χ1v) is 7.91. The first kappa shape index (κ1) is 16.0. The SMILES string of the molecule is CCCNCC(O)Cn1ncc(N2CCCCC2)cc1=O. The van der Waals surface area contributed by atoms with Crippen molar-refractivity contribution in [2.24, 2.45) is 0 Å². The van der Waals surface area contributed by atoms with Crippen LogP contribution in [0.3, 0.4) is 0 Å². The molecule has 0 saturated carbocycles. The summed E-state index contributed by atoms with van der Waals surface area (Å²) in [6, 6.07) is 1.63. The third kappa shape index (κ3) is 4.82. The number of nitrogens with zero attached hydrogens (tertiary/aromatic N) is 3. The second-order valence-electron chi connectivity index (χ2n) is 5.64. The quantitative estimate of drug-likeness (QED) is 0.721. The fraction of sp³-hybridized carbons (Fsp3) is 0.733. The van der Waals surface area contributed by atoms with Gasteiger partial charge in [-0.25, -0.2) is 4.68 Å². The molecule has 0 aromatic carbocycles. The summed E-state index contributed by atoms with van der Waals surface area (Å²) in [5, 5.41) is 17.2. The molecule has 1 aromatic rings. The number of nitrogens with one attached hydrogen (secondary N) is 1. The van der Waals surface area contributed by atoms with Crippen LogP contribution in [0.4, 0.5) is 5.69 Å². The van der Waals surface area contributed by atoms with Crippen LogP contribution in [-0.2, 0) is 6.54 Å². The Hall–Kier alpha value is -1.40. The molecule has 1 aliphatic rings. The normalized spacial score (nSPS) is 17.0. The largest absolute Gasteiger partial charge is 0.390 e. The topological polar surface area (TPSA) is 70.4 Å². The van der Waals surface area contributed by atoms with Crippen LogP contribution >= 0.6 is 0 Å². The van der Waals surface area contributed by atoms with Crippen molar-refractivity contribution in [1.29, 1.82) is 0 Å². The van der Waals surface area contributed by atoms with Crippen molar-refractivity contribution >= 4 is 5.69 Å². The van der Waals surface area contributed by atoms with Crippen molar-refractivity contribution in [2.45, 2.75) is 45.3 Å². The van der Waals surface area contributed by atoms with Crippen LogP contribution in [0.15, 0.2) is 17.1 Å². The van der Waals surface area contributed by atoms with Crippen LogP contribution in [0.2, 0.25) is 0 Å². The summed E-state index contributed by atoms with van der Waals surface area (Å²) in [5.41, 5.74) is 0.752. The average Bonchev–Trinajstić information content (AvgIpc) is 2.50. The molecule has 6 heteroatoms. The minimum atomic E-state index is -0.595. The second-order valence-corrected chi connectivity index (χ2v) is 5.64. The van der Waals surface area contributed by atoms with E-state index in [9.17, 15) is 9.90 Å². The molecule has 0 bridgehead atoms. The molecule has 1 aliphatic heterocycles. The van der Waals surface area contributed by atoms with Gasteiger partial charge < -0.3 is 15.3 Å². The van der Waals surface area contributed by atoms with E-state index in [4.69, 9.17) is 0 Å². The highest BCUT2D eigenvalue weighted by Gasteiger charge is 2.13. The van der Waals surface area contributed by atoms with Crippen molar-refractivity contribution in [3.63, 3.8) is 0 Å². The van der Waals surface area contributed by atoms with Crippen LogP contribution in [0.25, 0.3) is 0 Å². The lowest BCUT2D eigenvalue weighted by molar-refractivity contribution is 0.145. The van der Waals surface area contributed by atoms with Crippen molar-refractivity contribution in [3.8, 4) is 0 Å². The first-order valence-electron chi connectivity index (χ1n) is 7.91. The van der Waals surface area contributed by atoms with E-state index in [2.05, 4.69) is 22.2 Å². The van der Waals surface area contributed by atoms with E-state index in [1.165, 1.54) is 23.9 Å². The number of aliphatic hydroxyl groups excluding tert-OH is 1. The molecule has 1 aromatic heterocycles. The number of aromatic nitrogens is 2. The smallest absolute Gasteiger partial charge is 0.268 e. The van der Waals surface area contributed by atoms with Gasteiger partial charge in [0.15, 0.2) is 0 Å². The summed E-state index contributed by atoms with van der Waals surface area (Å²) in [6.07, 6.45) is 5.77. The summed E-state index contributed by atoms with van der Waals surface area (Å²) >= 11 is 0. The molecule has 2 heterocycles. The molecule has 21 heavy (non-hydrogen) atoms. The van der Waals surface area contributed by atoms with Gasteiger partial charge in [-0.05, 0) is 32.2 Å². The number of anilines is 1. The predicted octanol–water partition coefficient (Wildman–Crippen LogP) is 0.594. The zero-order chi connectivity index (χ0) is 15.1. The van der Waals surface area contributed by atoms with E-state index in [0.717, 1.165) is 31.7 Å². The van der Waals surface area contributed by atoms with Crippen LogP contribution in [0, 0.1) is 0 Å². The summed E-state index contributed by atoms with van der Waals surface area (Å²) < 4.78 is 1.34. The predicted molar refractivity (Wildman–Crippen MR) is 83.7 cm³/mol. The fourth-order valence-corrected chi connectivity index (χ4v) is 2.60. The van der Waals surface area contributed by atoms with E-state index < -0.39 is 6.10 Å². The molecule has 1 unspecified atom stereocenters. The Morgan fingerprint density at radius 3 is 2.81 bits per heavy atom. The molecule has 6 nitrogen and oxygen atoms in total. The number of hydrogen-bond donors (Lipinski definition) is 2. The molecule has 1 fully saturated rings. The van der Waals surface area contributed by atoms with Gasteiger partial charge in [0.2, 0.25) is 0 Å². The van der Waals surface area contributed by atoms with Gasteiger partial charge in [0.25, 0.3) is 5.56 Å². The molecule has 0 aliphatic carbocycles. The first-order chi connectivity index (χ1) is 10.2. The van der Waals surface area contributed by atoms with Gasteiger partial charge in [-0.3, -0.25) is 4.79 Å². The van der Waals surface area contributed by atoms with Gasteiger partial charge in [0, 0.05) is 25.7 Å². The molecular weight excluding hydrogens is 268 g/mol. The van der Waals surface area contributed by atoms with Crippen LogP contribution in [0.5, 0.6) is 0 Å². The maximum atomic E-state index is 12.1. The van der Waals surface area contributed by atoms with E-state index in [1.54, 1.807) is 12.3 Å². The Labute approximate surface area is 125 Å². The van der Waals surface area contributed by atoms with Gasteiger partial charge in [0.1, 0.15) is 0 Å². The van der Waals surface area contributed by atoms with Crippen molar-refractivity contribution in [1.82, 2.24) is 15.1 Å². The molecular formula is C15H26N4O2.